The van der Waals surface area contributed by atoms with Crippen molar-refractivity contribution in [2.24, 2.45) is 0 Å². The predicted molar refractivity (Wildman–Crippen MR) is 120 cm³/mol. The third-order valence-corrected chi connectivity index (χ3v) is 6.46. The second kappa shape index (κ2) is 11.0. The number of esters is 1. The molecule has 0 bridgehead atoms. The Kier molecular flexibility index (Phi) is 8.23. The lowest BCUT2D eigenvalue weighted by atomic mass is 10.0. The minimum atomic E-state index is -5.83. The van der Waals surface area contributed by atoms with E-state index in [0.717, 1.165) is 24.8 Å². The summed E-state index contributed by atoms with van der Waals surface area (Å²) in [5.74, 6) is -2.10. The third-order valence-electron chi connectivity index (χ3n) is 5.48. The van der Waals surface area contributed by atoms with Crippen LogP contribution in [0.1, 0.15) is 24.0 Å². The fourth-order valence-corrected chi connectivity index (χ4v) is 4.14. The Hall–Kier alpha value is -3.61. The molecule has 3 rings (SSSR count). The molecule has 2 atom stereocenters. The standard InChI is InChI=1S/C23H23F3N2O7S/c1-34-22(31)18(13-15-7-9-17(10-8-15)35-36(32,33)23(24,25)26)27-21(30)19-11-12-20(29)28(19)14-16-5-3-2-4-6-16/h2-10,18-19H,11-14H2,1H3,(H,27,30)/t18-,19-/m0/s1. The number of carbonyl (C=O) groups excluding carboxylic acids is 3. The van der Waals surface area contributed by atoms with Crippen LogP contribution >= 0.6 is 0 Å². The Labute approximate surface area is 205 Å². The number of hydrogen-bond acceptors (Lipinski definition) is 7. The summed E-state index contributed by atoms with van der Waals surface area (Å²) in [5, 5.41) is 2.58. The molecule has 194 valence electrons. The molecule has 1 N–H and O–H groups in total. The largest absolute Gasteiger partial charge is 0.534 e. The summed E-state index contributed by atoms with van der Waals surface area (Å²) in [5.41, 5.74) is -4.36. The first-order valence-corrected chi connectivity index (χ1v) is 12.1. The van der Waals surface area contributed by atoms with Gasteiger partial charge in [-0.2, -0.15) is 21.6 Å². The van der Waals surface area contributed by atoms with Gasteiger partial charge in [-0.15, -0.1) is 0 Å². The number of halogens is 3. The SMILES string of the molecule is COC(=O)[C@H](Cc1ccc(OS(=O)(=O)C(F)(F)F)cc1)NC(=O)[C@@H]1CCC(=O)N1Cc1ccccc1. The minimum absolute atomic E-state index is 0.107. The van der Waals surface area contributed by atoms with Crippen LogP contribution in [0.25, 0.3) is 0 Å². The second-order valence-electron chi connectivity index (χ2n) is 7.98. The lowest BCUT2D eigenvalue weighted by molar-refractivity contribution is -0.146. The number of alkyl halides is 3. The van der Waals surface area contributed by atoms with E-state index in [-0.39, 0.29) is 31.7 Å². The van der Waals surface area contributed by atoms with Crippen LogP contribution in [0.5, 0.6) is 5.75 Å². The summed E-state index contributed by atoms with van der Waals surface area (Å²) in [7, 11) is -4.70. The van der Waals surface area contributed by atoms with Crippen LogP contribution in [0.2, 0.25) is 0 Å². The molecule has 0 aliphatic carbocycles. The molecule has 1 heterocycles. The predicted octanol–water partition coefficient (Wildman–Crippen LogP) is 2.31. The maximum absolute atomic E-state index is 13.0. The van der Waals surface area contributed by atoms with Crippen LogP contribution in [0.3, 0.4) is 0 Å². The fourth-order valence-electron chi connectivity index (χ4n) is 3.68. The molecule has 2 aromatic rings. The fraction of sp³-hybridized carbons (Fsp3) is 0.348. The van der Waals surface area contributed by atoms with Crippen LogP contribution in [-0.4, -0.2) is 55.8 Å². The Morgan fingerprint density at radius 1 is 1.08 bits per heavy atom. The van der Waals surface area contributed by atoms with Gasteiger partial charge in [0.05, 0.1) is 7.11 Å². The highest BCUT2D eigenvalue weighted by atomic mass is 32.2. The highest BCUT2D eigenvalue weighted by Crippen LogP contribution is 2.27. The van der Waals surface area contributed by atoms with Crippen molar-refractivity contribution in [1.82, 2.24) is 10.2 Å². The van der Waals surface area contributed by atoms with Crippen molar-refractivity contribution >= 4 is 27.9 Å². The number of ether oxygens (including phenoxy) is 1. The van der Waals surface area contributed by atoms with Crippen molar-refractivity contribution in [1.29, 1.82) is 0 Å². The van der Waals surface area contributed by atoms with Gasteiger partial charge < -0.3 is 19.1 Å². The molecule has 2 aromatic carbocycles. The maximum Gasteiger partial charge on any atom is 0.534 e. The number of nitrogens with zero attached hydrogens (tertiary/aromatic N) is 1. The summed E-state index contributed by atoms with van der Waals surface area (Å²) in [6.45, 7) is 0.225. The zero-order valence-corrected chi connectivity index (χ0v) is 19.8. The van der Waals surface area contributed by atoms with Gasteiger partial charge in [0, 0.05) is 19.4 Å². The number of methoxy groups -OCH3 is 1. The molecule has 0 radical (unpaired) electrons. The van der Waals surface area contributed by atoms with Gasteiger partial charge in [-0.05, 0) is 29.7 Å². The molecule has 1 saturated heterocycles. The topological polar surface area (TPSA) is 119 Å². The molecule has 13 heteroatoms. The van der Waals surface area contributed by atoms with Crippen LogP contribution in [-0.2, 0) is 42.2 Å². The molecule has 0 saturated carbocycles. The lowest BCUT2D eigenvalue weighted by Gasteiger charge is -2.26. The van der Waals surface area contributed by atoms with E-state index in [1.807, 2.05) is 30.3 Å². The minimum Gasteiger partial charge on any atom is -0.467 e. The van der Waals surface area contributed by atoms with Crippen LogP contribution in [0.4, 0.5) is 13.2 Å². The molecular weight excluding hydrogens is 505 g/mol. The van der Waals surface area contributed by atoms with Gasteiger partial charge in [0.25, 0.3) is 0 Å². The van der Waals surface area contributed by atoms with Crippen molar-refractivity contribution in [3.8, 4) is 5.75 Å². The number of rotatable bonds is 9. The molecule has 0 unspecified atom stereocenters. The zero-order valence-electron chi connectivity index (χ0n) is 19.0. The number of nitrogens with one attached hydrogen (secondary N) is 1. The average Bonchev–Trinajstić information content (AvgIpc) is 3.19. The molecule has 9 nitrogen and oxygen atoms in total. The van der Waals surface area contributed by atoms with Gasteiger partial charge in [-0.3, -0.25) is 9.59 Å². The molecule has 1 aliphatic heterocycles. The van der Waals surface area contributed by atoms with Gasteiger partial charge in [-0.25, -0.2) is 4.79 Å². The van der Waals surface area contributed by atoms with E-state index in [2.05, 4.69) is 9.50 Å². The van der Waals surface area contributed by atoms with Crippen molar-refractivity contribution < 1.29 is 44.9 Å². The number of amides is 2. The monoisotopic (exact) mass is 528 g/mol. The molecule has 1 aliphatic rings. The first-order valence-electron chi connectivity index (χ1n) is 10.7. The molecule has 0 aromatic heterocycles. The molecule has 2 amide bonds. The normalized spacial score (nSPS) is 16.9. The molecule has 0 spiro atoms. The molecule has 1 fully saturated rings. The molecular formula is C23H23F3N2O7S. The van der Waals surface area contributed by atoms with Crippen LogP contribution in [0.15, 0.2) is 54.6 Å². The number of carbonyl (C=O) groups is 3. The quantitative estimate of drug-likeness (QED) is 0.301. The van der Waals surface area contributed by atoms with E-state index in [9.17, 15) is 36.0 Å². The van der Waals surface area contributed by atoms with Crippen molar-refractivity contribution in [3.63, 3.8) is 0 Å². The molecule has 36 heavy (non-hydrogen) atoms. The summed E-state index contributed by atoms with van der Waals surface area (Å²) in [6, 6.07) is 11.6. The summed E-state index contributed by atoms with van der Waals surface area (Å²) < 4.78 is 68.6. The summed E-state index contributed by atoms with van der Waals surface area (Å²) in [4.78, 5) is 39.2. The van der Waals surface area contributed by atoms with Gasteiger partial charge in [0.1, 0.15) is 17.8 Å². The van der Waals surface area contributed by atoms with E-state index in [4.69, 9.17) is 4.74 Å². The second-order valence-corrected chi connectivity index (χ2v) is 9.52. The van der Waals surface area contributed by atoms with Gasteiger partial charge in [-0.1, -0.05) is 42.5 Å². The highest BCUT2D eigenvalue weighted by molar-refractivity contribution is 7.88. The number of likely N-dealkylation sites (tertiary alicyclic amines) is 1. The van der Waals surface area contributed by atoms with Gasteiger partial charge >= 0.3 is 21.6 Å². The van der Waals surface area contributed by atoms with E-state index in [1.165, 1.54) is 17.0 Å². The average molecular weight is 529 g/mol. The first-order chi connectivity index (χ1) is 16.9. The first kappa shape index (κ1) is 27.0. The Bertz CT molecular complexity index is 1200. The van der Waals surface area contributed by atoms with E-state index >= 15 is 0 Å². The van der Waals surface area contributed by atoms with Crippen LogP contribution in [0, 0.1) is 0 Å². The smallest absolute Gasteiger partial charge is 0.467 e. The number of hydrogen-bond donors (Lipinski definition) is 1. The van der Waals surface area contributed by atoms with Crippen molar-refractivity contribution in [2.45, 2.75) is 43.4 Å². The Balaban J connectivity index is 1.69. The third kappa shape index (κ3) is 6.53. The van der Waals surface area contributed by atoms with Crippen molar-refractivity contribution in [3.05, 3.63) is 65.7 Å². The van der Waals surface area contributed by atoms with E-state index in [0.29, 0.717) is 5.56 Å². The Morgan fingerprint density at radius 3 is 2.31 bits per heavy atom. The highest BCUT2D eigenvalue weighted by Gasteiger charge is 2.48. The maximum atomic E-state index is 13.0. The number of benzene rings is 2. The summed E-state index contributed by atoms with van der Waals surface area (Å²) >= 11 is 0. The Morgan fingerprint density at radius 2 is 1.72 bits per heavy atom. The van der Waals surface area contributed by atoms with Gasteiger partial charge in [0.15, 0.2) is 0 Å². The zero-order chi connectivity index (χ0) is 26.5. The van der Waals surface area contributed by atoms with Crippen LogP contribution < -0.4 is 9.50 Å². The van der Waals surface area contributed by atoms with E-state index < -0.39 is 45.3 Å². The van der Waals surface area contributed by atoms with E-state index in [1.54, 1.807) is 0 Å². The van der Waals surface area contributed by atoms with Crippen molar-refractivity contribution in [2.75, 3.05) is 7.11 Å². The lowest BCUT2D eigenvalue weighted by Crippen LogP contribution is -2.51. The summed E-state index contributed by atoms with van der Waals surface area (Å²) in [6.07, 6.45) is 0.339. The van der Waals surface area contributed by atoms with Gasteiger partial charge in [0.2, 0.25) is 11.8 Å².